The molecule has 0 spiro atoms. The molecule has 0 aliphatic carbocycles. The Morgan fingerprint density at radius 1 is 0.825 bits per heavy atom. The van der Waals surface area contributed by atoms with Gasteiger partial charge in [-0.3, -0.25) is 19.1 Å². The molecule has 2 unspecified atom stereocenters. The molecule has 7 aromatic heterocycles. The monoisotopic (exact) mass is 896 g/mol. The molecule has 0 bridgehead atoms. The normalized spacial score (nSPS) is 17.5. The Balaban J connectivity index is 0.905. The van der Waals surface area contributed by atoms with Crippen molar-refractivity contribution >= 4 is 66.4 Å². The van der Waals surface area contributed by atoms with Crippen molar-refractivity contribution in [3.63, 3.8) is 0 Å². The zero-order chi connectivity index (χ0) is 39.4. The van der Waals surface area contributed by atoms with Crippen molar-refractivity contribution in [2.45, 2.75) is 50.6 Å². The van der Waals surface area contributed by atoms with Crippen LogP contribution in [0.1, 0.15) is 54.6 Å². The van der Waals surface area contributed by atoms with Gasteiger partial charge >= 0.3 is 0 Å². The second-order valence-electron chi connectivity index (χ2n) is 15.0. The van der Waals surface area contributed by atoms with Crippen LogP contribution in [0.2, 0.25) is 0 Å². The van der Waals surface area contributed by atoms with Crippen LogP contribution >= 0.6 is 31.9 Å². The minimum atomic E-state index is -0.0451. The van der Waals surface area contributed by atoms with Gasteiger partial charge in [-0.15, -0.1) is 0 Å². The summed E-state index contributed by atoms with van der Waals surface area (Å²) in [4.78, 5) is 31.2. The molecule has 9 rings (SSSR count). The summed E-state index contributed by atoms with van der Waals surface area (Å²) in [5, 5.41) is 21.6. The lowest BCUT2D eigenvalue weighted by Gasteiger charge is -2.34. The van der Waals surface area contributed by atoms with Gasteiger partial charge in [0.15, 0.2) is 11.3 Å². The van der Waals surface area contributed by atoms with Gasteiger partial charge in [0.25, 0.3) is 0 Å². The topological polar surface area (TPSA) is 197 Å². The number of aromatic nitrogens is 11. The predicted octanol–water partition coefficient (Wildman–Crippen LogP) is 4.57. The lowest BCUT2D eigenvalue weighted by Crippen LogP contribution is -2.35. The quantitative estimate of drug-likeness (QED) is 0.183. The minimum Gasteiger partial charge on any atom is -0.383 e. The number of anilines is 3. The largest absolute Gasteiger partial charge is 0.383 e. The maximum absolute atomic E-state index is 12.3. The van der Waals surface area contributed by atoms with E-state index in [0.717, 1.165) is 111 Å². The van der Waals surface area contributed by atoms with E-state index in [4.69, 9.17) is 26.4 Å². The average Bonchev–Trinajstić information content (AvgIpc) is 4.05. The van der Waals surface area contributed by atoms with Crippen molar-refractivity contribution in [3.05, 3.63) is 81.5 Å². The van der Waals surface area contributed by atoms with Crippen molar-refractivity contribution in [3.8, 4) is 22.3 Å². The molecule has 7 aromatic rings. The van der Waals surface area contributed by atoms with E-state index in [1.165, 1.54) is 0 Å². The van der Waals surface area contributed by atoms with Crippen LogP contribution in [-0.2, 0) is 17.9 Å². The molecule has 17 nitrogen and oxygen atoms in total. The van der Waals surface area contributed by atoms with Crippen molar-refractivity contribution in [1.29, 1.82) is 0 Å². The smallest absolute Gasteiger partial charge is 0.243 e. The second kappa shape index (κ2) is 15.2. The highest BCUT2D eigenvalue weighted by atomic mass is 79.9. The Morgan fingerprint density at radius 3 is 2.07 bits per heavy atom. The van der Waals surface area contributed by atoms with Gasteiger partial charge in [0, 0.05) is 80.2 Å². The highest BCUT2D eigenvalue weighted by Crippen LogP contribution is 2.38. The molecule has 2 atom stereocenters. The van der Waals surface area contributed by atoms with Crippen LogP contribution in [0.15, 0.2) is 64.5 Å². The molecule has 19 heteroatoms. The number of carbonyl (C=O) groups is 1. The van der Waals surface area contributed by atoms with E-state index < -0.39 is 0 Å². The van der Waals surface area contributed by atoms with Crippen LogP contribution in [0.25, 0.3) is 33.5 Å². The Bertz CT molecular complexity index is 2600. The number of likely N-dealkylation sites (N-methyl/N-ethyl adjacent to an activating group) is 1. The number of rotatable bonds is 9. The zero-order valence-corrected chi connectivity index (χ0v) is 34.7. The number of piperidine rings is 2. The summed E-state index contributed by atoms with van der Waals surface area (Å²) in [6.45, 7) is 4.22. The molecule has 0 saturated carbocycles. The Kier molecular flexibility index (Phi) is 9.90. The first-order valence-corrected chi connectivity index (χ1v) is 20.5. The van der Waals surface area contributed by atoms with Gasteiger partial charge in [0.2, 0.25) is 5.91 Å². The number of halogens is 2. The third-order valence-electron chi connectivity index (χ3n) is 11.0. The summed E-state index contributed by atoms with van der Waals surface area (Å²) in [5.41, 5.74) is 21.7. The number of carbonyl (C=O) groups excluding carboxylic acids is 1. The van der Waals surface area contributed by atoms with Gasteiger partial charge in [-0.2, -0.15) is 29.4 Å². The fourth-order valence-electron chi connectivity index (χ4n) is 7.82. The molecule has 1 amide bonds. The van der Waals surface area contributed by atoms with E-state index in [1.807, 2.05) is 29.5 Å². The van der Waals surface area contributed by atoms with Crippen molar-refractivity contribution in [2.75, 3.05) is 56.6 Å². The van der Waals surface area contributed by atoms with E-state index >= 15 is 0 Å². The van der Waals surface area contributed by atoms with Crippen molar-refractivity contribution in [2.24, 2.45) is 0 Å². The predicted molar refractivity (Wildman–Crippen MR) is 224 cm³/mol. The summed E-state index contributed by atoms with van der Waals surface area (Å²) in [7, 11) is 3.45. The molecule has 0 radical (unpaired) electrons. The Labute approximate surface area is 344 Å². The zero-order valence-electron chi connectivity index (χ0n) is 31.6. The van der Waals surface area contributed by atoms with Gasteiger partial charge in [0.1, 0.15) is 18.2 Å². The van der Waals surface area contributed by atoms with Gasteiger partial charge in [0.05, 0.1) is 69.2 Å². The first kappa shape index (κ1) is 37.2. The first-order valence-electron chi connectivity index (χ1n) is 18.9. The molecular formula is C38H42Br2N16O. The van der Waals surface area contributed by atoms with Crippen LogP contribution in [0.5, 0.6) is 0 Å². The molecule has 294 valence electrons. The standard InChI is InChI=1S/C38H42Br2N16O/c1-51(2)30(57)21-54-19-25(13-46-54)29-16-48-56-36(42)32(40)34(50-38(29)56)23-6-4-10-52(17-23)27-8-7-26(44-14-27)20-53-18-24(12-45-53)28-15-47-55-35(41)31(39)33(49-37(28)55)22-5-3-9-43-11-22/h7-8,12-16,18-19,22-23,43H,3-6,9-11,17,20-21,41-42H2,1-2H3. The van der Waals surface area contributed by atoms with Crippen molar-refractivity contribution in [1.82, 2.24) is 64.0 Å². The third kappa shape index (κ3) is 7.01. The van der Waals surface area contributed by atoms with Gasteiger partial charge < -0.3 is 26.6 Å². The van der Waals surface area contributed by atoms with Crippen LogP contribution in [-0.4, -0.2) is 105 Å². The highest BCUT2D eigenvalue weighted by molar-refractivity contribution is 9.11. The number of pyridine rings is 1. The molecule has 2 aliphatic heterocycles. The number of nitrogens with one attached hydrogen (secondary N) is 1. The number of hydrogen-bond acceptors (Lipinski definition) is 12. The molecule has 2 fully saturated rings. The molecule has 2 aliphatic rings. The molecule has 2 saturated heterocycles. The Morgan fingerprint density at radius 2 is 1.46 bits per heavy atom. The SMILES string of the molecule is CN(C)C(=O)Cn1cc(-c2cnn3c(N)c(Br)c(C4CCCN(c5ccc(Cn6cc(-c7cnn8c(N)c(Br)c(C9CCCNC9)nc78)cn6)nc5)C4)nc23)cn1. The summed E-state index contributed by atoms with van der Waals surface area (Å²) in [6, 6.07) is 4.18. The second-order valence-corrected chi connectivity index (χ2v) is 16.5. The minimum absolute atomic E-state index is 0.0451. The van der Waals surface area contributed by atoms with Crippen LogP contribution in [0.3, 0.4) is 0 Å². The van der Waals surface area contributed by atoms with Crippen LogP contribution < -0.4 is 21.7 Å². The summed E-state index contributed by atoms with van der Waals surface area (Å²) in [6.07, 6.45) is 17.0. The molecule has 0 aromatic carbocycles. The third-order valence-corrected chi connectivity index (χ3v) is 12.6. The number of nitrogens with zero attached hydrogens (tertiary/aromatic N) is 13. The molecule has 57 heavy (non-hydrogen) atoms. The van der Waals surface area contributed by atoms with E-state index in [0.29, 0.717) is 23.8 Å². The number of amides is 1. The summed E-state index contributed by atoms with van der Waals surface area (Å²) >= 11 is 7.44. The van der Waals surface area contributed by atoms with E-state index in [9.17, 15) is 4.79 Å². The summed E-state index contributed by atoms with van der Waals surface area (Å²) in [5.74, 6) is 1.38. The summed E-state index contributed by atoms with van der Waals surface area (Å²) < 4.78 is 8.39. The maximum Gasteiger partial charge on any atom is 0.243 e. The number of hydrogen-bond donors (Lipinski definition) is 3. The Hall–Kier alpha value is -5.40. The average molecular weight is 899 g/mol. The first-order chi connectivity index (χ1) is 27.6. The van der Waals surface area contributed by atoms with Crippen molar-refractivity contribution < 1.29 is 4.79 Å². The van der Waals surface area contributed by atoms with E-state index in [2.05, 4.69) is 74.6 Å². The van der Waals surface area contributed by atoms with Crippen LogP contribution in [0.4, 0.5) is 17.3 Å². The highest BCUT2D eigenvalue weighted by Gasteiger charge is 2.28. The van der Waals surface area contributed by atoms with Gasteiger partial charge in [-0.05, 0) is 76.2 Å². The lowest BCUT2D eigenvalue weighted by molar-refractivity contribution is -0.129. The fraction of sp³-hybridized carbons (Fsp3) is 0.368. The molecule has 5 N–H and O–H groups in total. The fourth-order valence-corrected chi connectivity index (χ4v) is 8.98. The number of fused-ring (bicyclic) bond motifs is 2. The number of nitrogens with two attached hydrogens (primary N) is 2. The lowest BCUT2D eigenvalue weighted by atomic mass is 9.94. The molecule has 9 heterocycles. The van der Waals surface area contributed by atoms with Gasteiger partial charge in [-0.1, -0.05) is 0 Å². The van der Waals surface area contributed by atoms with Crippen LogP contribution in [0, 0.1) is 0 Å². The van der Waals surface area contributed by atoms with Gasteiger partial charge in [-0.25, -0.2) is 9.97 Å². The van der Waals surface area contributed by atoms with E-state index in [-0.39, 0.29) is 24.3 Å². The number of nitrogen functional groups attached to an aromatic ring is 2. The molecular weight excluding hydrogens is 856 g/mol. The maximum atomic E-state index is 12.3. The van der Waals surface area contributed by atoms with E-state index in [1.54, 1.807) is 51.3 Å².